The normalized spacial score (nSPS) is 34.7. The third-order valence-electron chi connectivity index (χ3n) is 6.53. The largest absolute Gasteiger partial charge is 0.481 e. The van der Waals surface area contributed by atoms with E-state index in [1.54, 1.807) is 0 Å². The number of hydrogen-bond acceptors (Lipinski definition) is 7. The highest BCUT2D eigenvalue weighted by atomic mass is 16.7. The fourth-order valence-corrected chi connectivity index (χ4v) is 4.82. The molecule has 8 nitrogen and oxygen atoms in total. The van der Waals surface area contributed by atoms with Crippen LogP contribution in [0.15, 0.2) is 12.2 Å². The van der Waals surface area contributed by atoms with E-state index in [2.05, 4.69) is 0 Å². The van der Waals surface area contributed by atoms with Gasteiger partial charge in [0.05, 0.1) is 24.7 Å². The van der Waals surface area contributed by atoms with Crippen molar-refractivity contribution in [1.82, 2.24) is 0 Å². The van der Waals surface area contributed by atoms with E-state index in [9.17, 15) is 15.0 Å². The molecule has 0 radical (unpaired) electrons. The third kappa shape index (κ3) is 8.08. The van der Waals surface area contributed by atoms with Crippen LogP contribution in [0.2, 0.25) is 0 Å². The highest BCUT2D eigenvalue weighted by molar-refractivity contribution is 5.67. The van der Waals surface area contributed by atoms with E-state index in [0.29, 0.717) is 39.3 Å². The summed E-state index contributed by atoms with van der Waals surface area (Å²) in [5, 5.41) is 20.0. The fraction of sp³-hybridized carbons (Fsp3) is 0.875. The maximum absolute atomic E-state index is 11.5. The number of hydrogen-bond donors (Lipinski definition) is 2. The summed E-state index contributed by atoms with van der Waals surface area (Å²) in [5.74, 6) is -1.55. The minimum absolute atomic E-state index is 0.0994. The third-order valence-corrected chi connectivity index (χ3v) is 6.53. The molecule has 2 saturated heterocycles. The Balaban J connectivity index is 1.69. The quantitative estimate of drug-likeness (QED) is 0.341. The summed E-state index contributed by atoms with van der Waals surface area (Å²) in [6.45, 7) is 4.55. The summed E-state index contributed by atoms with van der Waals surface area (Å²) in [6, 6.07) is 0. The van der Waals surface area contributed by atoms with Gasteiger partial charge in [0.25, 0.3) is 0 Å². The predicted octanol–water partition coefficient (Wildman–Crippen LogP) is 3.26. The summed E-state index contributed by atoms with van der Waals surface area (Å²) in [7, 11) is 0. The molecular formula is C24H40O8. The SMILES string of the molecule is CCOCCC(C=CC1C(OC2CCCCO2)CC(O)C1CC(=O)O)OC1CCCCO1. The van der Waals surface area contributed by atoms with Crippen molar-refractivity contribution < 1.29 is 38.7 Å². The van der Waals surface area contributed by atoms with Crippen LogP contribution in [0.1, 0.15) is 64.7 Å². The van der Waals surface area contributed by atoms with E-state index in [-0.39, 0.29) is 37.1 Å². The number of aliphatic hydroxyl groups excluding tert-OH is 1. The van der Waals surface area contributed by atoms with Gasteiger partial charge in [-0.15, -0.1) is 0 Å². The van der Waals surface area contributed by atoms with E-state index in [4.69, 9.17) is 23.7 Å². The Morgan fingerprint density at radius 1 is 1.12 bits per heavy atom. The average Bonchev–Trinajstić information content (AvgIpc) is 3.06. The van der Waals surface area contributed by atoms with Crippen molar-refractivity contribution in [1.29, 1.82) is 0 Å². The van der Waals surface area contributed by atoms with Gasteiger partial charge >= 0.3 is 5.97 Å². The molecule has 1 aliphatic carbocycles. The predicted molar refractivity (Wildman–Crippen MR) is 117 cm³/mol. The standard InChI is InChI=1S/C24H40O8/c1-2-28-14-11-17(31-23-7-3-5-12-29-23)9-10-18-19(15-22(26)27)20(25)16-21(18)32-24-8-4-6-13-30-24/h9-10,17-21,23-25H,2-8,11-16H2,1H3,(H,26,27). The van der Waals surface area contributed by atoms with Crippen molar-refractivity contribution in [2.45, 2.75) is 95.6 Å². The van der Waals surface area contributed by atoms with Gasteiger partial charge in [0.1, 0.15) is 0 Å². The molecule has 32 heavy (non-hydrogen) atoms. The van der Waals surface area contributed by atoms with Gasteiger partial charge in [-0.3, -0.25) is 4.79 Å². The Bertz CT molecular complexity index is 570. The molecule has 3 fully saturated rings. The number of ether oxygens (including phenoxy) is 5. The lowest BCUT2D eigenvalue weighted by Crippen LogP contribution is -2.31. The molecule has 0 aromatic carbocycles. The van der Waals surface area contributed by atoms with Gasteiger partial charge in [-0.25, -0.2) is 0 Å². The van der Waals surface area contributed by atoms with Gasteiger partial charge in [0.2, 0.25) is 0 Å². The van der Waals surface area contributed by atoms with Gasteiger partial charge < -0.3 is 33.9 Å². The lowest BCUT2D eigenvalue weighted by atomic mass is 9.89. The smallest absolute Gasteiger partial charge is 0.303 e. The van der Waals surface area contributed by atoms with E-state index < -0.39 is 18.0 Å². The molecule has 7 unspecified atom stereocenters. The number of rotatable bonds is 12. The molecule has 0 amide bonds. The van der Waals surface area contributed by atoms with E-state index in [1.165, 1.54) is 0 Å². The minimum atomic E-state index is -0.915. The van der Waals surface area contributed by atoms with E-state index in [1.807, 2.05) is 19.1 Å². The fourth-order valence-electron chi connectivity index (χ4n) is 4.82. The first-order valence-corrected chi connectivity index (χ1v) is 12.3. The Morgan fingerprint density at radius 2 is 1.84 bits per heavy atom. The zero-order valence-corrected chi connectivity index (χ0v) is 19.2. The molecule has 0 bridgehead atoms. The number of aliphatic hydroxyl groups is 1. The topological polar surface area (TPSA) is 104 Å². The Hall–Kier alpha value is -1.03. The molecule has 184 valence electrons. The maximum atomic E-state index is 11.5. The van der Waals surface area contributed by atoms with E-state index >= 15 is 0 Å². The van der Waals surface area contributed by atoms with Crippen LogP contribution < -0.4 is 0 Å². The van der Waals surface area contributed by atoms with Crippen LogP contribution >= 0.6 is 0 Å². The Labute approximate surface area is 191 Å². The Kier molecular flexibility index (Phi) is 10.9. The maximum Gasteiger partial charge on any atom is 0.303 e. The summed E-state index contributed by atoms with van der Waals surface area (Å²) < 4.78 is 29.4. The second-order valence-electron chi connectivity index (χ2n) is 8.95. The number of carboxylic acid groups (broad SMARTS) is 1. The van der Waals surface area contributed by atoms with Crippen molar-refractivity contribution in [3.05, 3.63) is 12.2 Å². The number of aliphatic carboxylic acids is 1. The molecule has 2 N–H and O–H groups in total. The molecule has 7 atom stereocenters. The second kappa shape index (κ2) is 13.6. The molecule has 8 heteroatoms. The van der Waals surface area contributed by atoms with Crippen LogP contribution in [0.4, 0.5) is 0 Å². The lowest BCUT2D eigenvalue weighted by molar-refractivity contribution is -0.193. The van der Waals surface area contributed by atoms with Gasteiger partial charge in [0.15, 0.2) is 12.6 Å². The van der Waals surface area contributed by atoms with Gasteiger partial charge in [-0.05, 0) is 45.4 Å². The van der Waals surface area contributed by atoms with Crippen LogP contribution in [0.25, 0.3) is 0 Å². The molecule has 2 aliphatic heterocycles. The van der Waals surface area contributed by atoms with Gasteiger partial charge in [-0.1, -0.05) is 12.2 Å². The van der Waals surface area contributed by atoms with Crippen LogP contribution in [-0.2, 0) is 28.5 Å². The number of carboxylic acids is 1. The molecule has 0 aromatic rings. The van der Waals surface area contributed by atoms with Crippen LogP contribution in [0.5, 0.6) is 0 Å². The highest BCUT2D eigenvalue weighted by Gasteiger charge is 2.44. The first kappa shape index (κ1) is 25.6. The summed E-state index contributed by atoms with van der Waals surface area (Å²) >= 11 is 0. The Morgan fingerprint density at radius 3 is 2.47 bits per heavy atom. The first-order valence-electron chi connectivity index (χ1n) is 12.3. The molecule has 0 aromatic heterocycles. The summed E-state index contributed by atoms with van der Waals surface area (Å²) in [6.07, 6.45) is 9.12. The van der Waals surface area contributed by atoms with Crippen LogP contribution in [0, 0.1) is 11.8 Å². The summed E-state index contributed by atoms with van der Waals surface area (Å²) in [5.41, 5.74) is 0. The van der Waals surface area contributed by atoms with Crippen molar-refractivity contribution in [2.24, 2.45) is 11.8 Å². The average molecular weight is 457 g/mol. The second-order valence-corrected chi connectivity index (χ2v) is 8.95. The summed E-state index contributed by atoms with van der Waals surface area (Å²) in [4.78, 5) is 11.5. The van der Waals surface area contributed by atoms with Gasteiger partial charge in [0, 0.05) is 51.1 Å². The minimum Gasteiger partial charge on any atom is -0.481 e. The zero-order valence-electron chi connectivity index (χ0n) is 19.2. The van der Waals surface area contributed by atoms with Gasteiger partial charge in [-0.2, -0.15) is 0 Å². The van der Waals surface area contributed by atoms with E-state index in [0.717, 1.165) is 38.5 Å². The van der Waals surface area contributed by atoms with Crippen molar-refractivity contribution in [3.63, 3.8) is 0 Å². The van der Waals surface area contributed by atoms with Crippen LogP contribution in [0.3, 0.4) is 0 Å². The molecule has 3 rings (SSSR count). The highest BCUT2D eigenvalue weighted by Crippen LogP contribution is 2.39. The molecule has 1 saturated carbocycles. The molecule has 3 aliphatic rings. The molecular weight excluding hydrogens is 416 g/mol. The number of carbonyl (C=O) groups is 1. The van der Waals surface area contributed by atoms with Crippen molar-refractivity contribution in [3.8, 4) is 0 Å². The zero-order chi connectivity index (χ0) is 22.8. The van der Waals surface area contributed by atoms with Crippen molar-refractivity contribution in [2.75, 3.05) is 26.4 Å². The monoisotopic (exact) mass is 456 g/mol. The first-order chi connectivity index (χ1) is 15.6. The molecule has 0 spiro atoms. The molecule has 2 heterocycles. The van der Waals surface area contributed by atoms with Crippen LogP contribution in [-0.4, -0.2) is 73.5 Å². The lowest BCUT2D eigenvalue weighted by Gasteiger charge is -2.29. The van der Waals surface area contributed by atoms with Crippen molar-refractivity contribution >= 4 is 5.97 Å².